The highest BCUT2D eigenvalue weighted by Crippen LogP contribution is 2.22. The molecule has 3 aromatic carbocycles. The van der Waals surface area contributed by atoms with Gasteiger partial charge in [-0.15, -0.1) is 0 Å². The third-order valence-corrected chi connectivity index (χ3v) is 8.21. The van der Waals surface area contributed by atoms with Gasteiger partial charge in [0, 0.05) is 23.5 Å². The van der Waals surface area contributed by atoms with Gasteiger partial charge in [0.2, 0.25) is 21.8 Å². The van der Waals surface area contributed by atoms with E-state index in [2.05, 4.69) is 21.2 Å². The zero-order chi connectivity index (χ0) is 28.6. The number of hydrogen-bond donors (Lipinski definition) is 1. The number of rotatable bonds is 12. The molecule has 0 heterocycles. The minimum absolute atomic E-state index is 0.0811. The van der Waals surface area contributed by atoms with Gasteiger partial charge in [-0.2, -0.15) is 0 Å². The van der Waals surface area contributed by atoms with Gasteiger partial charge in [-0.25, -0.2) is 8.42 Å². The van der Waals surface area contributed by atoms with Crippen LogP contribution in [0.15, 0.2) is 83.3 Å². The van der Waals surface area contributed by atoms with Gasteiger partial charge in [0.1, 0.15) is 12.6 Å². The second kappa shape index (κ2) is 13.8. The molecule has 2 amide bonds. The van der Waals surface area contributed by atoms with E-state index in [4.69, 9.17) is 0 Å². The van der Waals surface area contributed by atoms with Crippen molar-refractivity contribution in [2.75, 3.05) is 17.1 Å². The second-order valence-corrected chi connectivity index (χ2v) is 12.6. The number of nitrogens with one attached hydrogen (secondary N) is 1. The number of sulfonamides is 1. The normalized spacial score (nSPS) is 12.8. The van der Waals surface area contributed by atoms with Gasteiger partial charge in [0.05, 0.1) is 11.9 Å². The molecule has 7 nitrogen and oxygen atoms in total. The van der Waals surface area contributed by atoms with E-state index in [0.717, 1.165) is 38.1 Å². The summed E-state index contributed by atoms with van der Waals surface area (Å²) in [5, 5.41) is 3.03. The Hall–Kier alpha value is -3.17. The fourth-order valence-corrected chi connectivity index (χ4v) is 5.22. The minimum Gasteiger partial charge on any atom is -0.352 e. The van der Waals surface area contributed by atoms with Gasteiger partial charge in [0.15, 0.2) is 0 Å². The van der Waals surface area contributed by atoms with Crippen LogP contribution in [0.5, 0.6) is 0 Å². The van der Waals surface area contributed by atoms with Gasteiger partial charge in [0.25, 0.3) is 0 Å². The Kier molecular flexibility index (Phi) is 10.7. The maximum atomic E-state index is 14.0. The van der Waals surface area contributed by atoms with Gasteiger partial charge in [-0.05, 0) is 55.7 Å². The summed E-state index contributed by atoms with van der Waals surface area (Å²) in [6.07, 6.45) is 2.10. The number of nitrogens with zero attached hydrogens (tertiary/aromatic N) is 2. The highest BCUT2D eigenvalue weighted by atomic mass is 79.9. The molecular formula is C30H36BrN3O4S. The van der Waals surface area contributed by atoms with Crippen LogP contribution in [-0.4, -0.2) is 50.0 Å². The predicted molar refractivity (Wildman–Crippen MR) is 160 cm³/mol. The molecule has 0 aromatic heterocycles. The number of hydrogen-bond acceptors (Lipinski definition) is 4. The molecule has 0 fully saturated rings. The van der Waals surface area contributed by atoms with E-state index in [1.165, 1.54) is 4.90 Å². The van der Waals surface area contributed by atoms with E-state index in [1.54, 1.807) is 24.3 Å². The van der Waals surface area contributed by atoms with E-state index >= 15 is 0 Å². The Balaban J connectivity index is 2.04. The molecule has 2 atom stereocenters. The zero-order valence-electron chi connectivity index (χ0n) is 22.8. The number of carbonyl (C=O) groups is 2. The van der Waals surface area contributed by atoms with E-state index in [1.807, 2.05) is 75.4 Å². The molecule has 0 saturated carbocycles. The van der Waals surface area contributed by atoms with Crippen molar-refractivity contribution in [3.8, 4) is 0 Å². The largest absolute Gasteiger partial charge is 0.352 e. The third kappa shape index (κ3) is 8.93. The molecule has 0 bridgehead atoms. The first kappa shape index (κ1) is 30.4. The summed E-state index contributed by atoms with van der Waals surface area (Å²) < 4.78 is 27.5. The smallest absolute Gasteiger partial charge is 0.244 e. The van der Waals surface area contributed by atoms with Crippen molar-refractivity contribution in [1.82, 2.24) is 10.2 Å². The quantitative estimate of drug-likeness (QED) is 0.309. The van der Waals surface area contributed by atoms with Crippen LogP contribution in [0.3, 0.4) is 0 Å². The van der Waals surface area contributed by atoms with Crippen molar-refractivity contribution in [2.24, 2.45) is 0 Å². The molecule has 0 saturated heterocycles. The molecule has 0 radical (unpaired) electrons. The monoisotopic (exact) mass is 613 g/mol. The Morgan fingerprint density at radius 3 is 2.10 bits per heavy atom. The van der Waals surface area contributed by atoms with E-state index < -0.39 is 28.5 Å². The van der Waals surface area contributed by atoms with Crippen LogP contribution >= 0.6 is 15.9 Å². The van der Waals surface area contributed by atoms with Gasteiger partial charge >= 0.3 is 0 Å². The topological polar surface area (TPSA) is 86.8 Å². The molecule has 3 aromatic rings. The molecule has 0 aliphatic rings. The SMILES string of the molecule is CCC(C)NC(=O)C(Cc1ccccc1)N(Cc1ccc(C)cc1)C(=O)CN(c1ccc(Br)cc1)S(C)(=O)=O. The van der Waals surface area contributed by atoms with Crippen molar-refractivity contribution < 1.29 is 18.0 Å². The molecule has 2 unspecified atom stereocenters. The standard InChI is InChI=1S/C30H36BrN3O4S/c1-5-23(3)32-30(36)28(19-24-9-7-6-8-10-24)33(20-25-13-11-22(2)12-14-25)29(35)21-34(39(4,37)38)27-17-15-26(31)16-18-27/h6-18,23,28H,5,19-21H2,1-4H3,(H,32,36). The van der Waals surface area contributed by atoms with Gasteiger partial charge < -0.3 is 10.2 Å². The molecular weight excluding hydrogens is 578 g/mol. The molecule has 1 N–H and O–H groups in total. The van der Waals surface area contributed by atoms with Crippen molar-refractivity contribution in [2.45, 2.75) is 52.2 Å². The van der Waals surface area contributed by atoms with E-state index in [-0.39, 0.29) is 24.9 Å². The number of carbonyl (C=O) groups excluding carboxylic acids is 2. The molecule has 208 valence electrons. The first-order chi connectivity index (χ1) is 18.5. The Labute approximate surface area is 240 Å². The average Bonchev–Trinajstić information content (AvgIpc) is 2.90. The van der Waals surface area contributed by atoms with Gasteiger partial charge in [-0.1, -0.05) is 83.0 Å². The maximum Gasteiger partial charge on any atom is 0.244 e. The zero-order valence-corrected chi connectivity index (χ0v) is 25.2. The lowest BCUT2D eigenvalue weighted by atomic mass is 10.0. The number of halogens is 1. The van der Waals surface area contributed by atoms with Crippen LogP contribution in [0.4, 0.5) is 5.69 Å². The van der Waals surface area contributed by atoms with Crippen molar-refractivity contribution in [3.63, 3.8) is 0 Å². The number of aryl methyl sites for hydroxylation is 1. The molecule has 9 heteroatoms. The summed E-state index contributed by atoms with van der Waals surface area (Å²) in [7, 11) is -3.80. The molecule has 0 spiro atoms. The highest BCUT2D eigenvalue weighted by Gasteiger charge is 2.33. The summed E-state index contributed by atoms with van der Waals surface area (Å²) in [5.41, 5.74) is 3.19. The summed E-state index contributed by atoms with van der Waals surface area (Å²) >= 11 is 3.37. The summed E-state index contributed by atoms with van der Waals surface area (Å²) in [6.45, 7) is 5.60. The highest BCUT2D eigenvalue weighted by molar-refractivity contribution is 9.10. The Morgan fingerprint density at radius 2 is 1.54 bits per heavy atom. The molecule has 0 aliphatic carbocycles. The molecule has 3 rings (SSSR count). The predicted octanol–water partition coefficient (Wildman–Crippen LogP) is 5.08. The summed E-state index contributed by atoms with van der Waals surface area (Å²) in [4.78, 5) is 29.2. The first-order valence-corrected chi connectivity index (χ1v) is 15.5. The van der Waals surface area contributed by atoms with Crippen LogP contribution < -0.4 is 9.62 Å². The molecule has 39 heavy (non-hydrogen) atoms. The average molecular weight is 615 g/mol. The third-order valence-electron chi connectivity index (χ3n) is 6.54. The van der Waals surface area contributed by atoms with Crippen molar-refractivity contribution >= 4 is 43.5 Å². The van der Waals surface area contributed by atoms with Crippen LogP contribution in [-0.2, 0) is 32.6 Å². The lowest BCUT2D eigenvalue weighted by molar-refractivity contribution is -0.140. The van der Waals surface area contributed by atoms with E-state index in [0.29, 0.717) is 5.69 Å². The minimum atomic E-state index is -3.80. The summed E-state index contributed by atoms with van der Waals surface area (Å²) in [5.74, 6) is -0.743. The second-order valence-electron chi connectivity index (χ2n) is 9.78. The van der Waals surface area contributed by atoms with E-state index in [9.17, 15) is 18.0 Å². The van der Waals surface area contributed by atoms with Crippen molar-refractivity contribution in [1.29, 1.82) is 0 Å². The number of benzene rings is 3. The van der Waals surface area contributed by atoms with Crippen LogP contribution in [0.1, 0.15) is 37.0 Å². The number of amides is 2. The number of anilines is 1. The fraction of sp³-hybridized carbons (Fsp3) is 0.333. The Morgan fingerprint density at radius 1 is 0.923 bits per heavy atom. The van der Waals surface area contributed by atoms with Gasteiger partial charge in [-0.3, -0.25) is 13.9 Å². The maximum absolute atomic E-state index is 14.0. The van der Waals surface area contributed by atoms with Crippen molar-refractivity contribution in [3.05, 3.63) is 100 Å². The fourth-order valence-electron chi connectivity index (χ4n) is 4.11. The van der Waals surface area contributed by atoms with Crippen LogP contribution in [0.2, 0.25) is 0 Å². The van der Waals surface area contributed by atoms with Crippen LogP contribution in [0.25, 0.3) is 0 Å². The lowest BCUT2D eigenvalue weighted by Gasteiger charge is -2.34. The van der Waals surface area contributed by atoms with Crippen LogP contribution in [0, 0.1) is 6.92 Å². The summed E-state index contributed by atoms with van der Waals surface area (Å²) in [6, 6.07) is 23.1. The Bertz CT molecular complexity index is 1350. The first-order valence-electron chi connectivity index (χ1n) is 12.9. The lowest BCUT2D eigenvalue weighted by Crippen LogP contribution is -2.54. The molecule has 0 aliphatic heterocycles.